The Morgan fingerprint density at radius 1 is 0.703 bits per heavy atom. The number of carbonyl (C=O) groups is 4. The number of carbonyl (C=O) groups excluding carboxylic acids is 4. The number of amides is 2. The number of nitrogens with one attached hydrogen (secondary N) is 2. The molecule has 3 aromatic heterocycles. The highest BCUT2D eigenvalue weighted by molar-refractivity contribution is 6.02. The first kappa shape index (κ1) is 47.4. The SMILES string of the molecule is C=CC1=C(C)c2cc3nc(cc4[nH]c(cc5[nH]c(cc1n2)c(C)c5CCC(=O)N(C)CCN(C)C)c(CCC(=O)N(C)CCN(C)C)c4C)[C@@]1(C)C3=CC=C(C(=O)OC)[C@H]1C(=O)OC. The largest absolute Gasteiger partial charge is 0.469 e. The number of nitrogens with zero attached hydrogens (tertiary/aromatic N) is 6. The zero-order valence-electron chi connectivity index (χ0n) is 39.6. The summed E-state index contributed by atoms with van der Waals surface area (Å²) in [5.41, 5.74) is 11.0. The van der Waals surface area contributed by atoms with Crippen molar-refractivity contribution >= 4 is 62.5 Å². The Hall–Kier alpha value is -6.12. The lowest BCUT2D eigenvalue weighted by Crippen LogP contribution is -2.42. The average Bonchev–Trinajstić information content (AvgIpc) is 3.92. The van der Waals surface area contributed by atoms with E-state index in [9.17, 15) is 19.2 Å². The van der Waals surface area contributed by atoms with E-state index < -0.39 is 23.3 Å². The van der Waals surface area contributed by atoms with Gasteiger partial charge in [-0.3, -0.25) is 19.4 Å². The molecule has 64 heavy (non-hydrogen) atoms. The quantitative estimate of drug-likeness (QED) is 0.169. The second-order valence-electron chi connectivity index (χ2n) is 17.8. The Morgan fingerprint density at radius 3 is 1.75 bits per heavy atom. The van der Waals surface area contributed by atoms with Gasteiger partial charge in [0.15, 0.2) is 0 Å². The van der Waals surface area contributed by atoms with Gasteiger partial charge in [0.2, 0.25) is 11.8 Å². The second kappa shape index (κ2) is 19.3. The molecule has 0 fully saturated rings. The van der Waals surface area contributed by atoms with Gasteiger partial charge < -0.3 is 39.0 Å². The highest BCUT2D eigenvalue weighted by Gasteiger charge is 2.53. The van der Waals surface area contributed by atoms with Crippen molar-refractivity contribution < 1.29 is 28.7 Å². The number of fused-ring (bicyclic) bond motifs is 11. The zero-order valence-corrected chi connectivity index (χ0v) is 39.6. The second-order valence-corrected chi connectivity index (χ2v) is 17.8. The summed E-state index contributed by atoms with van der Waals surface area (Å²) in [6, 6.07) is 7.95. The van der Waals surface area contributed by atoms with Crippen molar-refractivity contribution in [3.05, 3.63) is 99.7 Å². The number of methoxy groups -OCH3 is 2. The van der Waals surface area contributed by atoms with Gasteiger partial charge in [-0.25, -0.2) is 9.78 Å². The molecule has 8 bridgehead atoms. The van der Waals surface area contributed by atoms with Crippen molar-refractivity contribution in [3.8, 4) is 0 Å². The Labute approximate surface area is 376 Å². The van der Waals surface area contributed by atoms with Gasteiger partial charge in [-0.2, -0.15) is 0 Å². The lowest BCUT2D eigenvalue weighted by molar-refractivity contribution is -0.149. The molecule has 6 rings (SSSR count). The van der Waals surface area contributed by atoms with Gasteiger partial charge in [-0.1, -0.05) is 24.8 Å². The fourth-order valence-corrected chi connectivity index (χ4v) is 8.92. The number of allylic oxidation sites excluding steroid dienone is 6. The first-order chi connectivity index (χ1) is 30.3. The smallest absolute Gasteiger partial charge is 0.334 e. The van der Waals surface area contributed by atoms with Crippen LogP contribution in [-0.4, -0.2) is 146 Å². The molecule has 2 atom stereocenters. The molecule has 0 unspecified atom stereocenters. The molecule has 0 spiro atoms. The Bertz CT molecular complexity index is 2650. The van der Waals surface area contributed by atoms with E-state index in [4.69, 9.17) is 19.4 Å². The lowest BCUT2D eigenvalue weighted by atomic mass is 9.64. The number of hydrogen-bond acceptors (Lipinski definition) is 10. The third-order valence-electron chi connectivity index (χ3n) is 13.1. The molecule has 0 radical (unpaired) electrons. The van der Waals surface area contributed by atoms with Crippen LogP contribution in [0.1, 0.15) is 71.7 Å². The third kappa shape index (κ3) is 9.25. The molecular weight excluding hydrogens is 809 g/mol. The number of likely N-dealkylation sites (N-methyl/N-ethyl adjacent to an activating group) is 4. The van der Waals surface area contributed by atoms with Gasteiger partial charge in [0.1, 0.15) is 5.92 Å². The maximum Gasteiger partial charge on any atom is 0.334 e. The van der Waals surface area contributed by atoms with Gasteiger partial charge in [-0.15, -0.1) is 0 Å². The van der Waals surface area contributed by atoms with Crippen LogP contribution < -0.4 is 0 Å². The van der Waals surface area contributed by atoms with Crippen molar-refractivity contribution in [2.24, 2.45) is 5.92 Å². The summed E-state index contributed by atoms with van der Waals surface area (Å²) in [6.07, 6.45) is 6.77. The summed E-state index contributed by atoms with van der Waals surface area (Å²) < 4.78 is 10.6. The number of aromatic amines is 2. The number of hydrogen-bond donors (Lipinski definition) is 2. The predicted octanol–water partition coefficient (Wildman–Crippen LogP) is 6.20. The molecule has 14 heteroatoms. The highest BCUT2D eigenvalue weighted by atomic mass is 16.5. The third-order valence-corrected chi connectivity index (χ3v) is 13.1. The summed E-state index contributed by atoms with van der Waals surface area (Å²) in [6.45, 7) is 14.9. The Balaban J connectivity index is 1.66. The van der Waals surface area contributed by atoms with Crippen LogP contribution in [-0.2, 0) is 46.9 Å². The van der Waals surface area contributed by atoms with Gasteiger partial charge in [-0.05, 0) is 126 Å². The number of H-pyrrole nitrogens is 2. The standard InChI is InChI=1S/C50H64N8O6/c1-14-32-29(2)38-26-43-36-18-15-35(48(61)63-12)47(49(62)64-13)50(36,5)44(54-43)28-39-31(4)34(17-20-46(60)58(11)24-22-56(8)9)42(53-39)27-41-33(30(3)37(52-41)25-40(32)51-38)16-19-45(59)57(10)23-21-55(6)7/h14-15,18,25-28,47,52-53H,1,16-17,19-24H2,2-13H3/t47-,50+/m0/s1. The molecule has 3 aliphatic rings. The summed E-state index contributed by atoms with van der Waals surface area (Å²) in [4.78, 5) is 79.8. The van der Waals surface area contributed by atoms with E-state index >= 15 is 0 Å². The Kier molecular flexibility index (Phi) is 14.3. The molecule has 1 aliphatic carbocycles. The van der Waals surface area contributed by atoms with E-state index in [1.807, 2.05) is 92.2 Å². The van der Waals surface area contributed by atoms with E-state index in [1.54, 1.807) is 22.0 Å². The van der Waals surface area contributed by atoms with Crippen LogP contribution in [0.15, 0.2) is 54.6 Å². The number of aromatic nitrogens is 4. The minimum absolute atomic E-state index is 0.0275. The minimum atomic E-state index is -1.17. The molecule has 0 saturated heterocycles. The van der Waals surface area contributed by atoms with Crippen LogP contribution in [0.2, 0.25) is 0 Å². The fourth-order valence-electron chi connectivity index (χ4n) is 8.92. The molecule has 0 saturated carbocycles. The van der Waals surface area contributed by atoms with Crippen LogP contribution in [0.4, 0.5) is 0 Å². The van der Waals surface area contributed by atoms with Crippen molar-refractivity contribution in [2.45, 2.75) is 58.8 Å². The van der Waals surface area contributed by atoms with Gasteiger partial charge in [0, 0.05) is 80.8 Å². The molecule has 14 nitrogen and oxygen atoms in total. The van der Waals surface area contributed by atoms with Crippen LogP contribution >= 0.6 is 0 Å². The summed E-state index contributed by atoms with van der Waals surface area (Å²) in [5, 5.41) is 0. The zero-order chi connectivity index (χ0) is 46.8. The Morgan fingerprint density at radius 2 is 1.25 bits per heavy atom. The molecule has 2 aliphatic heterocycles. The molecule has 2 amide bonds. The normalized spacial score (nSPS) is 16.9. The van der Waals surface area contributed by atoms with Crippen LogP contribution in [0.25, 0.3) is 38.8 Å². The van der Waals surface area contributed by atoms with E-state index in [-0.39, 0.29) is 23.8 Å². The number of rotatable bonds is 15. The predicted molar refractivity (Wildman–Crippen MR) is 253 cm³/mol. The first-order valence-electron chi connectivity index (χ1n) is 21.8. The average molecular weight is 873 g/mol. The van der Waals surface area contributed by atoms with Crippen LogP contribution in [0.5, 0.6) is 0 Å². The molecule has 340 valence electrons. The topological polar surface area (TPSA) is 157 Å². The van der Waals surface area contributed by atoms with Crippen molar-refractivity contribution in [1.29, 1.82) is 0 Å². The van der Waals surface area contributed by atoms with Crippen molar-refractivity contribution in [3.63, 3.8) is 0 Å². The number of esters is 2. The summed E-state index contributed by atoms with van der Waals surface area (Å²) >= 11 is 0. The molecule has 3 aromatic rings. The van der Waals surface area contributed by atoms with Crippen molar-refractivity contribution in [2.75, 3.05) is 82.7 Å². The van der Waals surface area contributed by atoms with E-state index in [2.05, 4.69) is 34.4 Å². The summed E-state index contributed by atoms with van der Waals surface area (Å²) in [5.74, 6) is -2.25. The van der Waals surface area contributed by atoms with E-state index in [0.29, 0.717) is 55.1 Å². The van der Waals surface area contributed by atoms with Gasteiger partial charge in [0.25, 0.3) is 0 Å². The minimum Gasteiger partial charge on any atom is -0.469 e. The van der Waals surface area contributed by atoms with E-state index in [0.717, 1.165) is 74.1 Å². The van der Waals surface area contributed by atoms with E-state index in [1.165, 1.54) is 14.2 Å². The molecular formula is C50H64N8O6. The maximum atomic E-state index is 13.9. The number of aryl methyl sites for hydroxylation is 4. The molecule has 5 heterocycles. The molecule has 2 N–H and O–H groups in total. The number of ether oxygens (including phenoxy) is 2. The van der Waals surface area contributed by atoms with Gasteiger partial charge >= 0.3 is 11.9 Å². The lowest BCUT2D eigenvalue weighted by Gasteiger charge is -2.36. The van der Waals surface area contributed by atoms with Crippen LogP contribution in [0, 0.1) is 19.8 Å². The first-order valence-corrected chi connectivity index (χ1v) is 21.8. The maximum absolute atomic E-state index is 13.9. The molecule has 0 aromatic carbocycles. The highest BCUT2D eigenvalue weighted by Crippen LogP contribution is 2.52. The van der Waals surface area contributed by atoms with Gasteiger partial charge in [0.05, 0.1) is 48.0 Å². The monoisotopic (exact) mass is 872 g/mol. The van der Waals surface area contributed by atoms with Crippen LogP contribution in [0.3, 0.4) is 0 Å². The van der Waals surface area contributed by atoms with Crippen molar-refractivity contribution in [1.82, 2.24) is 39.5 Å². The summed E-state index contributed by atoms with van der Waals surface area (Å²) in [7, 11) is 14.2. The fraction of sp³-hybridized carbons (Fsp3) is 0.440.